The van der Waals surface area contributed by atoms with Gasteiger partial charge in [0.05, 0.1) is 6.61 Å². The van der Waals surface area contributed by atoms with Gasteiger partial charge in [-0.1, -0.05) is 0 Å². The number of phosphoric acid groups is 3. The summed E-state index contributed by atoms with van der Waals surface area (Å²) in [5, 5.41) is 10.3. The predicted molar refractivity (Wildman–Crippen MR) is 95.3 cm³/mol. The Morgan fingerprint density at radius 1 is 1.20 bits per heavy atom. The number of nitrogens with one attached hydrogen (secondary N) is 1. The third-order valence-corrected chi connectivity index (χ3v) is 7.85. The van der Waals surface area contributed by atoms with E-state index >= 15 is 0 Å². The Balaban J connectivity index is 2.13. The van der Waals surface area contributed by atoms with Gasteiger partial charge in [0.15, 0.2) is 6.23 Å². The minimum Gasteiger partial charge on any atom is -0.388 e. The van der Waals surface area contributed by atoms with E-state index in [4.69, 9.17) is 31.0 Å². The summed E-state index contributed by atoms with van der Waals surface area (Å²) in [5.41, 5.74) is -1.64. The van der Waals surface area contributed by atoms with Crippen molar-refractivity contribution in [1.29, 1.82) is 0 Å². The van der Waals surface area contributed by atoms with Crippen LogP contribution < -0.4 is 11.2 Å². The molecule has 0 aromatic carbocycles. The fourth-order valence-corrected chi connectivity index (χ4v) is 5.76. The van der Waals surface area contributed by atoms with Crippen molar-refractivity contribution in [1.82, 2.24) is 9.55 Å². The standard InChI is InChI=1S/C10H16ClN2O14P3/c1-10(11)7(15)5(25-8(10)13-3-2-6(14)12-9(13)16)4-24-29(20,21)27-30(22,23)26-28(17,18)19/h2-3,5,7-8,15H,4H2,1H3,(H,20,21)(H,22,23)(H,12,14,16)(H2,17,18,19)/t5?,7-,8?,10-/m1/s1. The monoisotopic (exact) mass is 516 g/mol. The molecule has 20 heteroatoms. The molecule has 6 N–H and O–H groups in total. The summed E-state index contributed by atoms with van der Waals surface area (Å²) in [7, 11) is -16.7. The van der Waals surface area contributed by atoms with Crippen LogP contribution in [0.25, 0.3) is 0 Å². The van der Waals surface area contributed by atoms with Gasteiger partial charge in [0, 0.05) is 12.3 Å². The van der Waals surface area contributed by atoms with E-state index in [1.807, 2.05) is 4.98 Å². The van der Waals surface area contributed by atoms with E-state index in [1.54, 1.807) is 0 Å². The molecule has 16 nitrogen and oxygen atoms in total. The quantitative estimate of drug-likeness (QED) is 0.182. The first kappa shape index (κ1) is 25.6. The number of aromatic nitrogens is 2. The number of aromatic amines is 1. The topological polar surface area (TPSA) is 244 Å². The number of rotatable bonds is 8. The molecule has 0 amide bonds. The average molecular weight is 517 g/mol. The van der Waals surface area contributed by atoms with Crippen molar-refractivity contribution < 1.29 is 56.3 Å². The molecule has 1 aliphatic rings. The SMILES string of the molecule is C[C@]1(Cl)C(n2ccc(=O)[nH]c2=O)OC(COP(=O)(O)OP(=O)(O)OP(=O)(O)O)[C@H]1O. The zero-order chi connectivity index (χ0) is 23.1. The molecule has 0 spiro atoms. The molecule has 0 saturated carbocycles. The number of alkyl halides is 1. The molecule has 1 fully saturated rings. The number of phosphoric ester groups is 1. The third kappa shape index (κ3) is 6.40. The van der Waals surface area contributed by atoms with E-state index in [2.05, 4.69) is 13.1 Å². The number of nitrogens with zero attached hydrogens (tertiary/aromatic N) is 1. The predicted octanol–water partition coefficient (Wildman–Crippen LogP) is -0.864. The highest BCUT2D eigenvalue weighted by Gasteiger charge is 2.54. The van der Waals surface area contributed by atoms with E-state index in [-0.39, 0.29) is 0 Å². The van der Waals surface area contributed by atoms with Crippen LogP contribution in [-0.4, -0.2) is 57.9 Å². The molecule has 172 valence electrons. The van der Waals surface area contributed by atoms with E-state index in [9.17, 15) is 33.3 Å². The maximum Gasteiger partial charge on any atom is 0.490 e. The van der Waals surface area contributed by atoms with Gasteiger partial charge in [-0.25, -0.2) is 18.5 Å². The Bertz CT molecular complexity index is 1050. The molecule has 1 aromatic heterocycles. The Morgan fingerprint density at radius 2 is 1.80 bits per heavy atom. The van der Waals surface area contributed by atoms with Crippen LogP contribution in [0.4, 0.5) is 0 Å². The normalized spacial score (nSPS) is 31.2. The second-order valence-corrected chi connectivity index (χ2v) is 11.3. The zero-order valence-corrected chi connectivity index (χ0v) is 18.1. The van der Waals surface area contributed by atoms with Crippen LogP contribution >= 0.6 is 35.1 Å². The highest BCUT2D eigenvalue weighted by atomic mass is 35.5. The summed E-state index contributed by atoms with van der Waals surface area (Å²) < 4.78 is 51.3. The highest BCUT2D eigenvalue weighted by Crippen LogP contribution is 2.66. The lowest BCUT2D eigenvalue weighted by molar-refractivity contribution is -0.0460. The van der Waals surface area contributed by atoms with Crippen LogP contribution in [0.2, 0.25) is 0 Å². The summed E-state index contributed by atoms with van der Waals surface area (Å²) in [5.74, 6) is 0. The average Bonchev–Trinajstić information content (AvgIpc) is 2.73. The fraction of sp³-hybridized carbons (Fsp3) is 0.600. The number of H-pyrrole nitrogens is 1. The summed E-state index contributed by atoms with van der Waals surface area (Å²) in [6, 6.07) is 0.976. The number of halogens is 1. The first-order chi connectivity index (χ1) is 13.4. The maximum atomic E-state index is 11.9. The van der Waals surface area contributed by atoms with E-state index in [0.717, 1.165) is 16.8 Å². The molecule has 2 heterocycles. The van der Waals surface area contributed by atoms with Gasteiger partial charge in [-0.05, 0) is 6.92 Å². The molecule has 4 unspecified atom stereocenters. The second-order valence-electron chi connectivity index (χ2n) is 6.03. The minimum absolute atomic E-state index is 0.713. The number of hydrogen-bond acceptors (Lipinski definition) is 10. The van der Waals surface area contributed by atoms with Crippen molar-refractivity contribution in [2.75, 3.05) is 6.61 Å². The molecule has 1 aliphatic heterocycles. The molecule has 1 saturated heterocycles. The summed E-state index contributed by atoms with van der Waals surface area (Å²) in [6.45, 7) is 0.272. The van der Waals surface area contributed by atoms with Crippen LogP contribution in [-0.2, 0) is 31.6 Å². The van der Waals surface area contributed by atoms with Crippen molar-refractivity contribution in [3.8, 4) is 0 Å². The zero-order valence-electron chi connectivity index (χ0n) is 14.7. The van der Waals surface area contributed by atoms with Crippen LogP contribution in [0.1, 0.15) is 13.2 Å². The summed E-state index contributed by atoms with van der Waals surface area (Å²) >= 11 is 6.22. The van der Waals surface area contributed by atoms with Crippen molar-refractivity contribution in [3.63, 3.8) is 0 Å². The van der Waals surface area contributed by atoms with Crippen LogP contribution in [0.3, 0.4) is 0 Å². The Kier molecular flexibility index (Phi) is 7.39. The number of aliphatic hydroxyl groups is 1. The molecule has 30 heavy (non-hydrogen) atoms. The molecule has 0 aliphatic carbocycles. The smallest absolute Gasteiger partial charge is 0.388 e. The van der Waals surface area contributed by atoms with E-state index in [0.29, 0.717) is 0 Å². The second kappa shape index (κ2) is 8.68. The van der Waals surface area contributed by atoms with Crippen LogP contribution in [0.5, 0.6) is 0 Å². The van der Waals surface area contributed by atoms with Crippen molar-refractivity contribution >= 4 is 35.1 Å². The maximum absolute atomic E-state index is 11.9. The highest BCUT2D eigenvalue weighted by molar-refractivity contribution is 7.66. The van der Waals surface area contributed by atoms with E-state index < -0.39 is 64.6 Å². The van der Waals surface area contributed by atoms with Crippen molar-refractivity contribution in [2.24, 2.45) is 0 Å². The van der Waals surface area contributed by atoms with Gasteiger partial charge in [-0.2, -0.15) is 8.62 Å². The molecule has 6 atom stereocenters. The van der Waals surface area contributed by atoms with Gasteiger partial charge in [0.2, 0.25) is 0 Å². The summed E-state index contributed by atoms with van der Waals surface area (Å²) in [6.07, 6.45) is -3.46. The van der Waals surface area contributed by atoms with Crippen LogP contribution in [0, 0.1) is 0 Å². The molecular formula is C10H16ClN2O14P3. The molecule has 2 rings (SSSR count). The number of ether oxygens (including phenoxy) is 1. The molecule has 0 radical (unpaired) electrons. The van der Waals surface area contributed by atoms with Crippen molar-refractivity contribution in [3.05, 3.63) is 33.1 Å². The van der Waals surface area contributed by atoms with E-state index in [1.165, 1.54) is 6.92 Å². The molecule has 0 bridgehead atoms. The van der Waals surface area contributed by atoms with Gasteiger partial charge < -0.3 is 29.4 Å². The summed E-state index contributed by atoms with van der Waals surface area (Å²) in [4.78, 5) is 58.8. The largest absolute Gasteiger partial charge is 0.490 e. The molecular weight excluding hydrogens is 500 g/mol. The Morgan fingerprint density at radius 3 is 2.33 bits per heavy atom. The van der Waals surface area contributed by atoms with Gasteiger partial charge >= 0.3 is 29.2 Å². The third-order valence-electron chi connectivity index (χ3n) is 3.64. The number of aliphatic hydroxyl groups excluding tert-OH is 1. The lowest BCUT2D eigenvalue weighted by Crippen LogP contribution is -2.42. The molecule has 1 aromatic rings. The van der Waals surface area contributed by atoms with Gasteiger partial charge in [-0.15, -0.1) is 11.6 Å². The van der Waals surface area contributed by atoms with Crippen molar-refractivity contribution in [2.45, 2.75) is 30.2 Å². The van der Waals surface area contributed by atoms with Gasteiger partial charge in [0.25, 0.3) is 5.56 Å². The fourth-order valence-electron chi connectivity index (χ4n) is 2.43. The van der Waals surface area contributed by atoms with Crippen LogP contribution in [0.15, 0.2) is 21.9 Å². The first-order valence-corrected chi connectivity index (χ1v) is 12.5. The minimum atomic E-state index is -5.72. The van der Waals surface area contributed by atoms with Gasteiger partial charge in [0.1, 0.15) is 17.1 Å². The Labute approximate surface area is 171 Å². The lowest BCUT2D eigenvalue weighted by Gasteiger charge is -2.26. The van der Waals surface area contributed by atoms with Gasteiger partial charge in [-0.3, -0.25) is 18.9 Å². The number of hydrogen-bond donors (Lipinski definition) is 6. The Hall–Kier alpha value is -0.700. The first-order valence-electron chi connectivity index (χ1n) is 7.56. The lowest BCUT2D eigenvalue weighted by atomic mass is 10.0.